The highest BCUT2D eigenvalue weighted by Gasteiger charge is 2.48. The number of ether oxygens (including phenoxy) is 2. The van der Waals surface area contributed by atoms with Crippen LogP contribution in [0.25, 0.3) is 0 Å². The lowest BCUT2D eigenvalue weighted by molar-refractivity contribution is -0.143. The number of aromatic nitrogens is 2. The molecule has 1 amide bonds. The molecule has 3 aromatic rings. The molecule has 1 aliphatic heterocycles. The number of hydrogen-bond acceptors (Lipinski definition) is 7. The van der Waals surface area contributed by atoms with Crippen LogP contribution in [-0.2, 0) is 34.4 Å². The Morgan fingerprint density at radius 1 is 1.00 bits per heavy atom. The number of amides is 1. The molecule has 0 fully saturated rings. The van der Waals surface area contributed by atoms with Crippen LogP contribution in [0.15, 0.2) is 40.9 Å². The second kappa shape index (κ2) is 12.2. The first-order chi connectivity index (χ1) is 20.8. The summed E-state index contributed by atoms with van der Waals surface area (Å²) in [6, 6.07) is 3.70. The van der Waals surface area contributed by atoms with Crippen LogP contribution in [0.2, 0.25) is 0 Å². The average molecular weight is 655 g/mol. The normalized spacial score (nSPS) is 19.8. The van der Waals surface area contributed by atoms with E-state index in [0.29, 0.717) is 12.1 Å². The Hall–Kier alpha value is -3.86. The maximum atomic E-state index is 13.7. The third kappa shape index (κ3) is 7.03. The summed E-state index contributed by atoms with van der Waals surface area (Å²) in [6.45, 7) is 3.14. The number of methoxy groups -OCH3 is 1. The average Bonchev–Trinajstić information content (AvgIpc) is 3.43. The van der Waals surface area contributed by atoms with Crippen LogP contribution < -0.4 is 10.6 Å². The SMILES string of the molecule is CCOC(=O)N1c2ccc(C(F)(F)F)cc2[C@@H](c2noc(C(Cc3cc(C(F)(F)F)cc(C(F)(F)F)c3)OC)n2)C[C@@]1(N)CC. The van der Waals surface area contributed by atoms with Gasteiger partial charge in [-0.05, 0) is 67.3 Å². The number of carbonyl (C=O) groups excluding carboxylic acids is 1. The number of alkyl halides is 9. The van der Waals surface area contributed by atoms with E-state index in [2.05, 4.69) is 10.1 Å². The lowest BCUT2D eigenvalue weighted by Gasteiger charge is -2.46. The largest absolute Gasteiger partial charge is 0.449 e. The first kappa shape index (κ1) is 34.0. The number of anilines is 1. The van der Waals surface area contributed by atoms with E-state index in [1.807, 2.05) is 0 Å². The van der Waals surface area contributed by atoms with Gasteiger partial charge in [-0.3, -0.25) is 4.90 Å². The Morgan fingerprint density at radius 2 is 1.60 bits per heavy atom. The van der Waals surface area contributed by atoms with Crippen LogP contribution in [0, 0.1) is 0 Å². The van der Waals surface area contributed by atoms with E-state index in [9.17, 15) is 44.3 Å². The third-order valence-electron chi connectivity index (χ3n) is 7.43. The summed E-state index contributed by atoms with van der Waals surface area (Å²) in [4.78, 5) is 18.2. The van der Waals surface area contributed by atoms with E-state index in [1.165, 1.54) is 0 Å². The van der Waals surface area contributed by atoms with Gasteiger partial charge in [-0.15, -0.1) is 0 Å². The van der Waals surface area contributed by atoms with Gasteiger partial charge in [0, 0.05) is 13.5 Å². The Morgan fingerprint density at radius 3 is 2.11 bits per heavy atom. The quantitative estimate of drug-likeness (QED) is 0.262. The minimum atomic E-state index is -5.08. The first-order valence-electron chi connectivity index (χ1n) is 13.4. The smallest absolute Gasteiger partial charge is 0.416 e. The second-order valence-corrected chi connectivity index (χ2v) is 10.4. The number of benzene rings is 2. The van der Waals surface area contributed by atoms with Gasteiger partial charge in [0.05, 0.1) is 34.9 Å². The maximum absolute atomic E-state index is 13.7. The number of hydrogen-bond donors (Lipinski definition) is 1. The van der Waals surface area contributed by atoms with Crippen molar-refractivity contribution in [2.75, 3.05) is 18.6 Å². The number of halogens is 9. The van der Waals surface area contributed by atoms with Crippen molar-refractivity contribution in [3.05, 3.63) is 75.9 Å². The highest BCUT2D eigenvalue weighted by Crippen LogP contribution is 2.47. The number of nitrogens with zero attached hydrogens (tertiary/aromatic N) is 3. The molecule has 1 unspecified atom stereocenters. The molecule has 0 saturated carbocycles. The van der Waals surface area contributed by atoms with Crippen molar-refractivity contribution in [3.8, 4) is 0 Å². The molecule has 4 rings (SSSR count). The number of nitrogens with two attached hydrogens (primary N) is 1. The molecule has 0 radical (unpaired) electrons. The van der Waals surface area contributed by atoms with Crippen LogP contribution in [0.1, 0.15) is 78.2 Å². The summed E-state index contributed by atoms with van der Waals surface area (Å²) in [7, 11) is 1.11. The predicted octanol–water partition coefficient (Wildman–Crippen LogP) is 7.62. The lowest BCUT2D eigenvalue weighted by Crippen LogP contribution is -2.61. The molecule has 2 heterocycles. The van der Waals surface area contributed by atoms with Crippen molar-refractivity contribution < 1.29 is 58.3 Å². The Bertz CT molecular complexity index is 1510. The van der Waals surface area contributed by atoms with Crippen LogP contribution in [0.4, 0.5) is 50.0 Å². The van der Waals surface area contributed by atoms with Gasteiger partial charge in [0.15, 0.2) is 5.82 Å². The van der Waals surface area contributed by atoms with Gasteiger partial charge in [0.25, 0.3) is 5.89 Å². The zero-order valence-electron chi connectivity index (χ0n) is 23.9. The summed E-state index contributed by atoms with van der Waals surface area (Å²) in [5, 5.41) is 3.86. The van der Waals surface area contributed by atoms with Crippen molar-refractivity contribution in [1.82, 2.24) is 10.1 Å². The van der Waals surface area contributed by atoms with Crippen LogP contribution >= 0.6 is 0 Å². The number of fused-ring (bicyclic) bond motifs is 1. The van der Waals surface area contributed by atoms with E-state index >= 15 is 0 Å². The fourth-order valence-electron chi connectivity index (χ4n) is 5.15. The lowest BCUT2D eigenvalue weighted by atomic mass is 9.80. The van der Waals surface area contributed by atoms with Crippen molar-refractivity contribution >= 4 is 11.8 Å². The van der Waals surface area contributed by atoms with E-state index in [4.69, 9.17) is 19.7 Å². The minimum Gasteiger partial charge on any atom is -0.449 e. The Labute approximate surface area is 250 Å². The van der Waals surface area contributed by atoms with Gasteiger partial charge >= 0.3 is 24.6 Å². The molecule has 45 heavy (non-hydrogen) atoms. The zero-order chi connectivity index (χ0) is 33.5. The van der Waals surface area contributed by atoms with Gasteiger partial charge in [-0.25, -0.2) is 4.79 Å². The van der Waals surface area contributed by atoms with Gasteiger partial charge in [-0.1, -0.05) is 12.1 Å². The van der Waals surface area contributed by atoms with E-state index in [-0.39, 0.29) is 48.5 Å². The molecular weight excluding hydrogens is 627 g/mol. The molecule has 17 heteroatoms. The molecule has 2 N–H and O–H groups in total. The number of rotatable bonds is 7. The van der Waals surface area contributed by atoms with E-state index < -0.39 is 71.0 Å². The third-order valence-corrected chi connectivity index (χ3v) is 7.43. The molecule has 0 saturated heterocycles. The molecule has 0 spiro atoms. The highest BCUT2D eigenvalue weighted by molar-refractivity contribution is 5.91. The van der Waals surface area contributed by atoms with E-state index in [0.717, 1.165) is 30.2 Å². The number of carbonyl (C=O) groups is 1. The van der Waals surface area contributed by atoms with Gasteiger partial charge in [0.1, 0.15) is 11.8 Å². The van der Waals surface area contributed by atoms with Gasteiger partial charge < -0.3 is 19.7 Å². The maximum Gasteiger partial charge on any atom is 0.416 e. The van der Waals surface area contributed by atoms with Crippen LogP contribution in [0.5, 0.6) is 0 Å². The summed E-state index contributed by atoms with van der Waals surface area (Å²) < 4.78 is 137. The molecule has 8 nitrogen and oxygen atoms in total. The summed E-state index contributed by atoms with van der Waals surface area (Å²) in [6.07, 6.45) is -17.8. The van der Waals surface area contributed by atoms with Crippen LogP contribution in [-0.4, -0.2) is 35.6 Å². The molecule has 2 aromatic carbocycles. The van der Waals surface area contributed by atoms with Crippen molar-refractivity contribution in [1.29, 1.82) is 0 Å². The summed E-state index contributed by atoms with van der Waals surface area (Å²) in [5.41, 5.74) is 0.567. The Kier molecular flexibility index (Phi) is 9.19. The first-order valence-corrected chi connectivity index (χ1v) is 13.4. The van der Waals surface area contributed by atoms with Crippen molar-refractivity contribution in [2.45, 2.75) is 69.3 Å². The van der Waals surface area contributed by atoms with Crippen molar-refractivity contribution in [2.24, 2.45) is 5.73 Å². The molecule has 1 aromatic heterocycles. The highest BCUT2D eigenvalue weighted by atomic mass is 19.4. The van der Waals surface area contributed by atoms with E-state index in [1.54, 1.807) is 13.8 Å². The summed E-state index contributed by atoms with van der Waals surface area (Å²) in [5.74, 6) is -1.64. The Balaban J connectivity index is 1.77. The topological polar surface area (TPSA) is 104 Å². The van der Waals surface area contributed by atoms with Crippen LogP contribution in [0.3, 0.4) is 0 Å². The molecular formula is C28H27F9N4O4. The minimum absolute atomic E-state index is 0.000312. The molecule has 1 aliphatic rings. The predicted molar refractivity (Wildman–Crippen MR) is 139 cm³/mol. The van der Waals surface area contributed by atoms with Crippen molar-refractivity contribution in [3.63, 3.8) is 0 Å². The zero-order valence-corrected chi connectivity index (χ0v) is 23.9. The van der Waals surface area contributed by atoms with Gasteiger partial charge in [-0.2, -0.15) is 44.5 Å². The standard InChI is InChI=1S/C28H27F9N4O4/c1-4-25(38)13-19(18-12-15(26(29,30)31)6-7-20(18)41(25)24(42)44-5-2)22-39-23(45-40-22)21(43-3)10-14-8-16(27(32,33)34)11-17(9-14)28(35,36)37/h6-9,11-12,19,21H,4-5,10,13,38H2,1-3H3/t19-,21?,25+/m0/s1. The van der Waals surface area contributed by atoms with Gasteiger partial charge in [0.2, 0.25) is 0 Å². The molecule has 0 aliphatic carbocycles. The monoisotopic (exact) mass is 654 g/mol. The second-order valence-electron chi connectivity index (χ2n) is 10.4. The summed E-state index contributed by atoms with van der Waals surface area (Å²) >= 11 is 0. The fraction of sp³-hybridized carbons (Fsp3) is 0.464. The molecule has 246 valence electrons. The molecule has 0 bridgehead atoms. The fourth-order valence-corrected chi connectivity index (χ4v) is 5.15. The molecule has 3 atom stereocenters.